The lowest BCUT2D eigenvalue weighted by Crippen LogP contribution is -2.37. The van der Waals surface area contributed by atoms with Crippen molar-refractivity contribution in [1.29, 1.82) is 0 Å². The Hall–Kier alpha value is -1.49. The predicted octanol–water partition coefficient (Wildman–Crippen LogP) is 4.34. The van der Waals surface area contributed by atoms with Gasteiger partial charge < -0.3 is 14.2 Å². The zero-order chi connectivity index (χ0) is 19.5. The van der Waals surface area contributed by atoms with Crippen molar-refractivity contribution in [2.45, 2.75) is 51.9 Å². The van der Waals surface area contributed by atoms with Gasteiger partial charge in [0.15, 0.2) is 0 Å². The number of alkyl halides is 3. The standard InChI is InChI=1S/C16H26F3NO3Si2/c1-24(2,3)22-13-8-7-12(11-14(13)23-25(4,5)6)9-10-20-15(21)16(17,18)19/h7-8,11H,9-10H2,1-6H3,(H,20,21). The molecule has 1 rings (SSSR count). The van der Waals surface area contributed by atoms with Gasteiger partial charge >= 0.3 is 12.1 Å². The molecule has 0 aliphatic rings. The topological polar surface area (TPSA) is 47.6 Å². The Kier molecular flexibility index (Phi) is 6.74. The SMILES string of the molecule is C[Si](C)(C)Oc1ccc(CCNC(=O)C(F)(F)F)cc1O[Si](C)(C)C. The Morgan fingerprint density at radius 3 is 2.00 bits per heavy atom. The van der Waals surface area contributed by atoms with E-state index in [9.17, 15) is 18.0 Å². The Labute approximate surface area is 149 Å². The second-order valence-electron chi connectivity index (χ2n) is 7.71. The molecule has 142 valence electrons. The maximum atomic E-state index is 12.2. The van der Waals surface area contributed by atoms with Crippen LogP contribution in [-0.2, 0) is 11.2 Å². The van der Waals surface area contributed by atoms with E-state index in [1.165, 1.54) is 0 Å². The Morgan fingerprint density at radius 1 is 1.00 bits per heavy atom. The van der Waals surface area contributed by atoms with Crippen LogP contribution < -0.4 is 14.2 Å². The van der Waals surface area contributed by atoms with Crippen molar-refractivity contribution in [3.63, 3.8) is 0 Å². The third-order valence-corrected chi connectivity index (χ3v) is 4.46. The van der Waals surface area contributed by atoms with Crippen molar-refractivity contribution in [3.8, 4) is 11.5 Å². The number of rotatable bonds is 7. The molecule has 0 fully saturated rings. The van der Waals surface area contributed by atoms with Crippen molar-refractivity contribution in [2.24, 2.45) is 0 Å². The molecule has 1 N–H and O–H groups in total. The molecule has 1 amide bonds. The van der Waals surface area contributed by atoms with Gasteiger partial charge in [-0.25, -0.2) is 0 Å². The molecule has 0 bridgehead atoms. The molecule has 1 aromatic carbocycles. The summed E-state index contributed by atoms with van der Waals surface area (Å²) in [7, 11) is -3.71. The van der Waals surface area contributed by atoms with Gasteiger partial charge in [0.25, 0.3) is 0 Å². The molecule has 0 saturated carbocycles. The highest BCUT2D eigenvalue weighted by atomic mass is 28.4. The van der Waals surface area contributed by atoms with E-state index in [2.05, 4.69) is 19.6 Å². The van der Waals surface area contributed by atoms with Gasteiger partial charge in [-0.15, -0.1) is 0 Å². The van der Waals surface area contributed by atoms with Crippen LogP contribution in [0.15, 0.2) is 18.2 Å². The van der Waals surface area contributed by atoms with E-state index in [0.29, 0.717) is 11.5 Å². The molecule has 0 aromatic heterocycles. The zero-order valence-corrected chi connectivity index (χ0v) is 17.5. The van der Waals surface area contributed by atoms with Gasteiger partial charge in [-0.1, -0.05) is 6.07 Å². The molecule has 0 atom stereocenters. The fourth-order valence-corrected chi connectivity index (χ4v) is 3.60. The number of carbonyl (C=O) groups is 1. The van der Waals surface area contributed by atoms with Crippen molar-refractivity contribution in [3.05, 3.63) is 23.8 Å². The van der Waals surface area contributed by atoms with Crippen LogP contribution in [0.5, 0.6) is 11.5 Å². The first-order chi connectivity index (χ1) is 11.2. The van der Waals surface area contributed by atoms with Gasteiger partial charge in [-0.2, -0.15) is 13.2 Å². The summed E-state index contributed by atoms with van der Waals surface area (Å²) in [5.74, 6) is -0.657. The van der Waals surface area contributed by atoms with E-state index in [0.717, 1.165) is 5.56 Å². The number of hydrogen-bond donors (Lipinski definition) is 1. The molecule has 9 heteroatoms. The summed E-state index contributed by atoms with van der Waals surface area (Å²) in [6.07, 6.45) is -4.59. The molecule has 0 heterocycles. The minimum Gasteiger partial charge on any atom is -0.542 e. The van der Waals surface area contributed by atoms with Crippen molar-refractivity contribution < 1.29 is 26.8 Å². The average Bonchev–Trinajstić information content (AvgIpc) is 2.37. The van der Waals surface area contributed by atoms with Crippen molar-refractivity contribution in [1.82, 2.24) is 5.32 Å². The summed E-state index contributed by atoms with van der Waals surface area (Å²) < 4.78 is 48.7. The van der Waals surface area contributed by atoms with E-state index in [4.69, 9.17) is 8.85 Å². The van der Waals surface area contributed by atoms with Crippen molar-refractivity contribution >= 4 is 22.5 Å². The third-order valence-electron chi connectivity index (χ3n) is 2.80. The fraction of sp³-hybridized carbons (Fsp3) is 0.562. The van der Waals surface area contributed by atoms with E-state index in [1.807, 2.05) is 25.0 Å². The number of benzene rings is 1. The maximum absolute atomic E-state index is 12.2. The first-order valence-corrected chi connectivity index (χ1v) is 14.8. The first-order valence-electron chi connectivity index (χ1n) is 8.03. The number of carbonyl (C=O) groups excluding carboxylic acids is 1. The van der Waals surface area contributed by atoms with Gasteiger partial charge in [0.2, 0.25) is 16.6 Å². The zero-order valence-electron chi connectivity index (χ0n) is 15.5. The largest absolute Gasteiger partial charge is 0.542 e. The molecular formula is C16H26F3NO3Si2. The summed E-state index contributed by atoms with van der Waals surface area (Å²) in [5.41, 5.74) is 0.777. The molecule has 0 aliphatic heterocycles. The van der Waals surface area contributed by atoms with Crippen LogP contribution in [0.25, 0.3) is 0 Å². The maximum Gasteiger partial charge on any atom is 0.471 e. The quantitative estimate of drug-likeness (QED) is 0.701. The molecule has 0 spiro atoms. The number of halogens is 3. The second-order valence-corrected chi connectivity index (χ2v) is 16.6. The monoisotopic (exact) mass is 393 g/mol. The Morgan fingerprint density at radius 2 is 1.52 bits per heavy atom. The van der Waals surface area contributed by atoms with Crippen LogP contribution in [0, 0.1) is 0 Å². The Balaban J connectivity index is 2.88. The third kappa shape index (κ3) is 8.44. The van der Waals surface area contributed by atoms with Crippen LogP contribution >= 0.6 is 0 Å². The first kappa shape index (κ1) is 21.6. The van der Waals surface area contributed by atoms with Gasteiger partial charge in [0.1, 0.15) is 11.5 Å². The van der Waals surface area contributed by atoms with Crippen LogP contribution in [-0.4, -0.2) is 35.3 Å². The lowest BCUT2D eigenvalue weighted by Gasteiger charge is -2.26. The van der Waals surface area contributed by atoms with E-state index >= 15 is 0 Å². The van der Waals surface area contributed by atoms with Crippen LogP contribution in [0.1, 0.15) is 5.56 Å². The summed E-state index contributed by atoms with van der Waals surface area (Å²) in [6, 6.07) is 5.36. The normalized spacial score (nSPS) is 12.7. The number of amides is 1. The molecule has 1 aromatic rings. The lowest BCUT2D eigenvalue weighted by atomic mass is 10.1. The smallest absolute Gasteiger partial charge is 0.471 e. The van der Waals surface area contributed by atoms with Crippen LogP contribution in [0.2, 0.25) is 39.3 Å². The van der Waals surface area contributed by atoms with Gasteiger partial charge in [0.05, 0.1) is 0 Å². The number of hydrogen-bond acceptors (Lipinski definition) is 3. The predicted molar refractivity (Wildman–Crippen MR) is 97.2 cm³/mol. The molecule has 25 heavy (non-hydrogen) atoms. The number of nitrogens with one attached hydrogen (secondary N) is 1. The highest BCUT2D eigenvalue weighted by Gasteiger charge is 2.38. The highest BCUT2D eigenvalue weighted by molar-refractivity contribution is 6.71. The molecule has 0 saturated heterocycles. The average molecular weight is 394 g/mol. The Bertz CT molecular complexity index is 608. The van der Waals surface area contributed by atoms with E-state index < -0.39 is 28.7 Å². The van der Waals surface area contributed by atoms with Crippen LogP contribution in [0.3, 0.4) is 0 Å². The highest BCUT2D eigenvalue weighted by Crippen LogP contribution is 2.32. The summed E-state index contributed by atoms with van der Waals surface area (Å²) in [6.45, 7) is 12.2. The minimum absolute atomic E-state index is 0.0983. The van der Waals surface area contributed by atoms with Crippen LogP contribution in [0.4, 0.5) is 13.2 Å². The molecule has 0 unspecified atom stereocenters. The second kappa shape index (κ2) is 7.82. The molecule has 4 nitrogen and oxygen atoms in total. The summed E-state index contributed by atoms with van der Waals surface area (Å²) in [4.78, 5) is 10.8. The van der Waals surface area contributed by atoms with Gasteiger partial charge in [0, 0.05) is 6.54 Å². The van der Waals surface area contributed by atoms with E-state index in [-0.39, 0.29) is 13.0 Å². The summed E-state index contributed by atoms with van der Waals surface area (Å²) in [5, 5.41) is 1.87. The van der Waals surface area contributed by atoms with E-state index in [1.54, 1.807) is 18.2 Å². The van der Waals surface area contributed by atoms with Gasteiger partial charge in [-0.05, 0) is 63.4 Å². The summed E-state index contributed by atoms with van der Waals surface area (Å²) >= 11 is 0. The van der Waals surface area contributed by atoms with Crippen molar-refractivity contribution in [2.75, 3.05) is 6.54 Å². The molecular weight excluding hydrogens is 367 g/mol. The lowest BCUT2D eigenvalue weighted by molar-refractivity contribution is -0.173. The fourth-order valence-electron chi connectivity index (χ4n) is 1.95. The minimum atomic E-state index is -4.86. The molecule has 0 aliphatic carbocycles. The molecule has 0 radical (unpaired) electrons. The van der Waals surface area contributed by atoms with Gasteiger partial charge in [-0.3, -0.25) is 4.79 Å².